The number of benzene rings is 16. The summed E-state index contributed by atoms with van der Waals surface area (Å²) in [6, 6.07) is 141. The number of para-hydroxylation sites is 4. The van der Waals surface area contributed by atoms with Gasteiger partial charge >= 0.3 is 0 Å². The average Bonchev–Trinajstić information content (AvgIpc) is 1.54. The van der Waals surface area contributed by atoms with E-state index in [0.29, 0.717) is 0 Å². The molecule has 0 spiro atoms. The molecule has 0 aliphatic heterocycles. The zero-order valence-electron chi connectivity index (χ0n) is 59.2. The summed E-state index contributed by atoms with van der Waals surface area (Å²) >= 11 is 0. The van der Waals surface area contributed by atoms with Gasteiger partial charge in [-0.1, -0.05) is 256 Å². The lowest BCUT2D eigenvalue weighted by Gasteiger charge is -2.35. The van der Waals surface area contributed by atoms with Crippen LogP contribution in [-0.2, 0) is 10.8 Å². The molecule has 0 heterocycles. The third-order valence-electron chi connectivity index (χ3n) is 21.0. The minimum absolute atomic E-state index is 0.743. The van der Waals surface area contributed by atoms with Crippen LogP contribution in [0.3, 0.4) is 0 Å². The van der Waals surface area contributed by atoms with Gasteiger partial charge in [-0.15, -0.1) is 0 Å². The van der Waals surface area contributed by atoms with E-state index in [-0.39, 0.29) is 0 Å². The average molecular weight is 1390 g/mol. The van der Waals surface area contributed by atoms with Gasteiger partial charge in [0.1, 0.15) is 46.0 Å². The monoisotopic (exact) mass is 1390 g/mol. The molecule has 0 bridgehead atoms. The first-order valence-corrected chi connectivity index (χ1v) is 36.5. The van der Waals surface area contributed by atoms with Crippen LogP contribution in [-0.4, -0.2) is 0 Å². The molecule has 0 radical (unpaired) electrons. The third kappa shape index (κ3) is 12.1. The van der Waals surface area contributed by atoms with Gasteiger partial charge in [-0.25, -0.2) is 0 Å². The summed E-state index contributed by atoms with van der Waals surface area (Å²) in [6.45, 7) is 7.88. The maximum absolute atomic E-state index is 6.49. The fourth-order valence-corrected chi connectivity index (χ4v) is 16.0. The fourth-order valence-electron chi connectivity index (χ4n) is 16.0. The summed E-state index contributed by atoms with van der Waals surface area (Å²) in [7, 11) is 0. The molecule has 2 unspecified atom stereocenters. The highest BCUT2D eigenvalue weighted by Gasteiger charge is 2.48. The lowest BCUT2D eigenvalue weighted by Crippen LogP contribution is -2.28. The van der Waals surface area contributed by atoms with Crippen molar-refractivity contribution in [3.63, 3.8) is 0 Å². The number of hydrogen-bond acceptors (Lipinski definition) is 6. The maximum Gasteiger partial charge on any atom is 0.127 e. The van der Waals surface area contributed by atoms with Gasteiger partial charge in [0.15, 0.2) is 0 Å². The summed E-state index contributed by atoms with van der Waals surface area (Å²) in [5.74, 6) is 6.07. The van der Waals surface area contributed by atoms with Gasteiger partial charge in [0.2, 0.25) is 0 Å². The first kappa shape index (κ1) is 65.8. The molecule has 514 valence electrons. The molecule has 0 saturated heterocycles. The summed E-state index contributed by atoms with van der Waals surface area (Å²) in [4.78, 5) is 4.75. The van der Waals surface area contributed by atoms with E-state index in [1.807, 2.05) is 121 Å². The summed E-state index contributed by atoms with van der Waals surface area (Å²) in [5.41, 5.74) is 22.8. The molecule has 16 aromatic carbocycles. The lowest BCUT2D eigenvalue weighted by molar-refractivity contribution is 0.481. The Kier molecular flexibility index (Phi) is 17.3. The molecule has 16 aromatic rings. The van der Waals surface area contributed by atoms with Crippen molar-refractivity contribution in [3.8, 4) is 79.4 Å². The molecule has 18 rings (SSSR count). The van der Waals surface area contributed by atoms with Crippen molar-refractivity contribution in [1.29, 1.82) is 0 Å². The largest absolute Gasteiger partial charge is 0.457 e. The van der Waals surface area contributed by atoms with Gasteiger partial charge in [0, 0.05) is 34.1 Å². The van der Waals surface area contributed by atoms with Crippen LogP contribution in [0.15, 0.2) is 414 Å². The number of anilines is 6. The Labute approximate surface area is 630 Å². The maximum atomic E-state index is 6.49. The van der Waals surface area contributed by atoms with Gasteiger partial charge in [0.25, 0.3) is 0 Å². The molecule has 0 aromatic heterocycles. The fraction of sp³-hybridized carbons (Fsp3) is 0.0196. The number of rotatable bonds is 21. The standard InChI is InChI=1S/C102H72N2O4/c1-3-71-33-55-87(56-34-71)107-91-63-45-77(46-64-91)101(75-41-59-89(60-42-75)105-85-25-13-7-14-26-85)97-31-19-17-29-93(97)95-67-53-83(69-99(95)101)103(79-21-9-5-10-22-79)81-49-37-73(38-50-81)74-39-51-82(52-40-74)104(80-23-11-6-12-24-80)84-54-68-96-94-30-18-20-32-98(94)102(100(96)70-84,76-43-61-90(62-44-76)106-86-27-15-8-16-28-86)78-47-65-92(66-48-78)108-88-57-35-72(4-2)36-58-88/h3-70H,1-2H2. The smallest absolute Gasteiger partial charge is 0.127 e. The van der Waals surface area contributed by atoms with Gasteiger partial charge in [-0.05, 0) is 259 Å². The lowest BCUT2D eigenvalue weighted by atomic mass is 9.67. The number of fused-ring (bicyclic) bond motifs is 6. The molecule has 6 heteroatoms. The number of ether oxygens (including phenoxy) is 4. The van der Waals surface area contributed by atoms with Crippen LogP contribution in [0.4, 0.5) is 34.1 Å². The van der Waals surface area contributed by atoms with Gasteiger partial charge < -0.3 is 28.7 Å². The van der Waals surface area contributed by atoms with Crippen molar-refractivity contribution in [2.45, 2.75) is 10.8 Å². The molecular formula is C102H72N2O4. The van der Waals surface area contributed by atoms with Crippen molar-refractivity contribution >= 4 is 46.3 Å². The Balaban J connectivity index is 0.703. The topological polar surface area (TPSA) is 43.4 Å². The molecule has 0 fully saturated rings. The van der Waals surface area contributed by atoms with Crippen LogP contribution in [0.25, 0.3) is 45.5 Å². The molecule has 2 atom stereocenters. The second-order valence-electron chi connectivity index (χ2n) is 27.2. The molecule has 108 heavy (non-hydrogen) atoms. The molecule has 2 aliphatic carbocycles. The van der Waals surface area contributed by atoms with Crippen LogP contribution in [0.1, 0.15) is 55.6 Å². The third-order valence-corrected chi connectivity index (χ3v) is 21.0. The van der Waals surface area contributed by atoms with Gasteiger partial charge in [0.05, 0.1) is 10.8 Å². The molecular weight excluding hydrogens is 1320 g/mol. The van der Waals surface area contributed by atoms with E-state index < -0.39 is 10.8 Å². The van der Waals surface area contributed by atoms with Crippen LogP contribution in [0, 0.1) is 0 Å². The molecule has 0 N–H and O–H groups in total. The van der Waals surface area contributed by atoms with Crippen LogP contribution >= 0.6 is 0 Å². The Morgan fingerprint density at radius 1 is 0.204 bits per heavy atom. The highest BCUT2D eigenvalue weighted by Crippen LogP contribution is 2.60. The number of nitrogens with zero attached hydrogens (tertiary/aromatic N) is 2. The normalized spacial score (nSPS) is 14.3. The Morgan fingerprint density at radius 3 is 0.750 bits per heavy atom. The molecule has 2 aliphatic rings. The van der Waals surface area contributed by atoms with Crippen molar-refractivity contribution in [2.75, 3.05) is 9.80 Å². The van der Waals surface area contributed by atoms with E-state index in [9.17, 15) is 0 Å². The molecule has 6 nitrogen and oxygen atoms in total. The van der Waals surface area contributed by atoms with Crippen molar-refractivity contribution in [1.82, 2.24) is 0 Å². The zero-order valence-corrected chi connectivity index (χ0v) is 59.2. The highest BCUT2D eigenvalue weighted by molar-refractivity contribution is 5.92. The SMILES string of the molecule is C=Cc1ccc(Oc2ccc(C3(c4ccc(Oc5ccccc5)cc4)c4ccccc4-c4ccc(N(c5ccccc5)c5ccc(-c6ccc(N(c7ccccc7)c7ccc8c(c7)C(c7ccc(Oc9ccccc9)cc7)(c7ccc(Oc9ccc(C=C)cc9)cc7)c7ccccc7-8)cc6)cc5)cc43)cc2)cc1. The van der Waals surface area contributed by atoms with E-state index in [0.717, 1.165) is 125 Å². The van der Waals surface area contributed by atoms with Gasteiger partial charge in [-0.3, -0.25) is 0 Å². The van der Waals surface area contributed by atoms with E-state index in [1.165, 1.54) is 44.5 Å². The van der Waals surface area contributed by atoms with Crippen molar-refractivity contribution < 1.29 is 18.9 Å². The van der Waals surface area contributed by atoms with E-state index in [1.54, 1.807) is 0 Å². The first-order valence-electron chi connectivity index (χ1n) is 36.5. The quantitative estimate of drug-likeness (QED) is 0.0714. The Morgan fingerprint density at radius 2 is 0.444 bits per heavy atom. The Hall–Kier alpha value is -14.2. The van der Waals surface area contributed by atoms with Gasteiger partial charge in [-0.2, -0.15) is 0 Å². The minimum Gasteiger partial charge on any atom is -0.457 e. The molecule has 0 amide bonds. The second-order valence-corrected chi connectivity index (χ2v) is 27.2. The second kappa shape index (κ2) is 28.4. The summed E-state index contributed by atoms with van der Waals surface area (Å²) < 4.78 is 25.9. The van der Waals surface area contributed by atoms with Crippen LogP contribution < -0.4 is 28.7 Å². The minimum atomic E-state index is -0.751. The first-order chi connectivity index (χ1) is 53.4. The van der Waals surface area contributed by atoms with E-state index in [2.05, 4.69) is 314 Å². The van der Waals surface area contributed by atoms with Crippen molar-refractivity contribution in [2.24, 2.45) is 0 Å². The predicted molar refractivity (Wildman–Crippen MR) is 442 cm³/mol. The van der Waals surface area contributed by atoms with Crippen LogP contribution in [0.2, 0.25) is 0 Å². The van der Waals surface area contributed by atoms with E-state index >= 15 is 0 Å². The zero-order chi connectivity index (χ0) is 72.4. The predicted octanol–water partition coefficient (Wildman–Crippen LogP) is 27.5. The van der Waals surface area contributed by atoms with Crippen molar-refractivity contribution in [3.05, 3.63) is 469 Å². The summed E-state index contributed by atoms with van der Waals surface area (Å²) in [6.07, 6.45) is 3.68. The van der Waals surface area contributed by atoms with E-state index in [4.69, 9.17) is 18.9 Å². The Bertz CT molecular complexity index is 5530. The molecule has 0 saturated carbocycles. The summed E-state index contributed by atoms with van der Waals surface area (Å²) in [5, 5.41) is 0. The highest BCUT2D eigenvalue weighted by atomic mass is 16.5. The van der Waals surface area contributed by atoms with Crippen LogP contribution in [0.5, 0.6) is 46.0 Å². The number of hydrogen-bond donors (Lipinski definition) is 0.